The fourth-order valence-corrected chi connectivity index (χ4v) is 3.61. The van der Waals surface area contributed by atoms with Crippen molar-refractivity contribution in [3.8, 4) is 5.75 Å². The lowest BCUT2D eigenvalue weighted by Gasteiger charge is -2.22. The lowest BCUT2D eigenvalue weighted by Crippen LogP contribution is -2.48. The summed E-state index contributed by atoms with van der Waals surface area (Å²) in [5.41, 5.74) is -1.17. The van der Waals surface area contributed by atoms with E-state index in [-0.39, 0.29) is 11.8 Å². The van der Waals surface area contributed by atoms with Gasteiger partial charge in [-0.05, 0) is 37.5 Å². The van der Waals surface area contributed by atoms with Crippen LogP contribution in [0.4, 0.5) is 18.4 Å². The largest absolute Gasteiger partial charge is 0.435 e. The molecule has 2 fully saturated rings. The summed E-state index contributed by atoms with van der Waals surface area (Å²) >= 11 is 0. The predicted molar refractivity (Wildman–Crippen MR) is 99.6 cm³/mol. The van der Waals surface area contributed by atoms with Gasteiger partial charge in [0.1, 0.15) is 17.8 Å². The number of urea groups is 2. The minimum Gasteiger partial charge on any atom is -0.435 e. The summed E-state index contributed by atoms with van der Waals surface area (Å²) in [7, 11) is 0. The number of carbonyl (C=O) groups is 4. The van der Waals surface area contributed by atoms with Gasteiger partial charge in [-0.3, -0.25) is 19.8 Å². The molecule has 1 aromatic rings. The van der Waals surface area contributed by atoms with E-state index in [4.69, 9.17) is 0 Å². The average Bonchev–Trinajstić information content (AvgIpc) is 3.24. The van der Waals surface area contributed by atoms with Gasteiger partial charge >= 0.3 is 18.7 Å². The van der Waals surface area contributed by atoms with Gasteiger partial charge in [0, 0.05) is 6.04 Å². The third-order valence-electron chi connectivity index (χ3n) is 5.18. The maximum atomic E-state index is 12.8. The molecule has 1 saturated heterocycles. The smallest absolute Gasteiger partial charge is 0.387 e. The summed E-state index contributed by atoms with van der Waals surface area (Å²) in [6, 6.07) is 3.76. The minimum atomic E-state index is -2.99. The molecule has 0 aromatic heterocycles. The van der Waals surface area contributed by atoms with Crippen molar-refractivity contribution >= 4 is 23.9 Å². The normalized spacial score (nSPS) is 21.7. The van der Waals surface area contributed by atoms with Crippen molar-refractivity contribution in [3.05, 3.63) is 29.8 Å². The van der Waals surface area contributed by atoms with Gasteiger partial charge in [-0.1, -0.05) is 25.0 Å². The Morgan fingerprint density at radius 3 is 2.47 bits per heavy atom. The highest BCUT2D eigenvalue weighted by Gasteiger charge is 2.49. The average molecular weight is 424 g/mol. The molecule has 1 atom stereocenters. The molecule has 1 heterocycles. The van der Waals surface area contributed by atoms with Gasteiger partial charge in [0.25, 0.3) is 5.91 Å². The van der Waals surface area contributed by atoms with Crippen LogP contribution in [-0.4, -0.2) is 48.0 Å². The van der Waals surface area contributed by atoms with Crippen molar-refractivity contribution in [2.75, 3.05) is 6.54 Å². The van der Waals surface area contributed by atoms with E-state index in [1.807, 2.05) is 0 Å². The molecule has 3 rings (SSSR count). The second kappa shape index (κ2) is 8.64. The van der Waals surface area contributed by atoms with Gasteiger partial charge in [0.15, 0.2) is 0 Å². The zero-order valence-electron chi connectivity index (χ0n) is 16.2. The van der Waals surface area contributed by atoms with Crippen LogP contribution in [0, 0.1) is 0 Å². The summed E-state index contributed by atoms with van der Waals surface area (Å²) in [6.45, 7) is -2.19. The van der Waals surface area contributed by atoms with E-state index < -0.39 is 42.6 Å². The SMILES string of the molecule is C[C@]1(c2ccc(OC(F)F)cc2)NC(=O)N(CC(=O)NC(=O)NC2CCCC2)C1=O. The Hall–Kier alpha value is -3.24. The Balaban J connectivity index is 1.61. The molecule has 0 spiro atoms. The second-order valence-corrected chi connectivity index (χ2v) is 7.35. The topological polar surface area (TPSA) is 117 Å². The lowest BCUT2D eigenvalue weighted by molar-refractivity contribution is -0.134. The quantitative estimate of drug-likeness (QED) is 0.603. The van der Waals surface area contributed by atoms with Gasteiger partial charge in [-0.25, -0.2) is 9.59 Å². The number of hydrogen-bond acceptors (Lipinski definition) is 5. The van der Waals surface area contributed by atoms with Crippen LogP contribution < -0.4 is 20.7 Å². The molecule has 0 radical (unpaired) electrons. The molecular formula is C19H22F2N4O5. The van der Waals surface area contributed by atoms with Gasteiger partial charge in [0.05, 0.1) is 0 Å². The van der Waals surface area contributed by atoms with Crippen LogP contribution in [0.3, 0.4) is 0 Å². The monoisotopic (exact) mass is 424 g/mol. The van der Waals surface area contributed by atoms with Gasteiger partial charge in [-0.15, -0.1) is 0 Å². The first-order valence-corrected chi connectivity index (χ1v) is 9.49. The predicted octanol–water partition coefficient (Wildman–Crippen LogP) is 1.82. The third-order valence-corrected chi connectivity index (χ3v) is 5.18. The van der Waals surface area contributed by atoms with E-state index in [0.717, 1.165) is 25.7 Å². The van der Waals surface area contributed by atoms with Gasteiger partial charge < -0.3 is 15.4 Å². The Labute approximate surface area is 171 Å². The van der Waals surface area contributed by atoms with Gasteiger partial charge in [0.2, 0.25) is 5.91 Å². The number of nitrogens with zero attached hydrogens (tertiary/aromatic N) is 1. The third kappa shape index (κ3) is 4.66. The zero-order valence-corrected chi connectivity index (χ0v) is 16.2. The maximum absolute atomic E-state index is 12.8. The first-order valence-electron chi connectivity index (χ1n) is 9.49. The molecule has 162 valence electrons. The van der Waals surface area contributed by atoms with Crippen molar-refractivity contribution < 1.29 is 32.7 Å². The molecule has 11 heteroatoms. The second-order valence-electron chi connectivity index (χ2n) is 7.35. The molecular weight excluding hydrogens is 402 g/mol. The Bertz CT molecular complexity index is 842. The molecule has 30 heavy (non-hydrogen) atoms. The van der Waals surface area contributed by atoms with Gasteiger partial charge in [-0.2, -0.15) is 8.78 Å². The molecule has 1 aliphatic heterocycles. The number of hydrogen-bond donors (Lipinski definition) is 3. The highest BCUT2D eigenvalue weighted by molar-refractivity contribution is 6.10. The van der Waals surface area contributed by atoms with E-state index in [1.54, 1.807) is 0 Å². The standard InChI is InChI=1S/C19H22F2N4O5/c1-19(11-6-8-13(9-7-11)30-16(20)21)15(27)25(18(29)24-19)10-14(26)23-17(28)22-12-4-2-3-5-12/h6-9,12,16H,2-5,10H2,1H3,(H,24,29)(H2,22,23,26,28)/t19-/m1/s1. The van der Waals surface area contributed by atoms with Crippen LogP contribution in [-0.2, 0) is 15.1 Å². The summed E-state index contributed by atoms with van der Waals surface area (Å²) < 4.78 is 28.8. The molecule has 6 amide bonds. The summed E-state index contributed by atoms with van der Waals surface area (Å²) in [6.07, 6.45) is 3.70. The van der Waals surface area contributed by atoms with Crippen molar-refractivity contribution in [2.45, 2.75) is 50.8 Å². The van der Waals surface area contributed by atoms with Crippen molar-refractivity contribution in [2.24, 2.45) is 0 Å². The molecule has 0 bridgehead atoms. The van der Waals surface area contributed by atoms with Crippen LogP contribution in [0.5, 0.6) is 5.75 Å². The number of ether oxygens (including phenoxy) is 1. The minimum absolute atomic E-state index is 0.00910. The van der Waals surface area contributed by atoms with Crippen molar-refractivity contribution in [1.82, 2.24) is 20.9 Å². The maximum Gasteiger partial charge on any atom is 0.387 e. The first kappa shape index (κ1) is 21.5. The first-order chi connectivity index (χ1) is 14.2. The van der Waals surface area contributed by atoms with Crippen LogP contribution in [0.1, 0.15) is 38.2 Å². The number of halogens is 2. The Morgan fingerprint density at radius 2 is 1.87 bits per heavy atom. The van der Waals surface area contributed by atoms with E-state index >= 15 is 0 Å². The fourth-order valence-electron chi connectivity index (χ4n) is 3.61. The molecule has 3 N–H and O–H groups in total. The molecule has 0 unspecified atom stereocenters. The van der Waals surface area contributed by atoms with Crippen LogP contribution in [0.15, 0.2) is 24.3 Å². The van der Waals surface area contributed by atoms with E-state index in [9.17, 15) is 28.0 Å². The Kier molecular flexibility index (Phi) is 6.18. The van der Waals surface area contributed by atoms with E-state index in [2.05, 4.69) is 20.7 Å². The number of imide groups is 2. The molecule has 9 nitrogen and oxygen atoms in total. The van der Waals surface area contributed by atoms with E-state index in [0.29, 0.717) is 10.5 Å². The van der Waals surface area contributed by atoms with E-state index in [1.165, 1.54) is 31.2 Å². The number of benzene rings is 1. The lowest BCUT2D eigenvalue weighted by atomic mass is 9.92. The number of rotatable bonds is 6. The van der Waals surface area contributed by atoms with Crippen LogP contribution in [0.25, 0.3) is 0 Å². The summed E-state index contributed by atoms with van der Waals surface area (Å²) in [5, 5.41) is 7.29. The Morgan fingerprint density at radius 1 is 1.23 bits per heavy atom. The number of carbonyl (C=O) groups excluding carboxylic acids is 4. The highest BCUT2D eigenvalue weighted by atomic mass is 19.3. The number of nitrogens with one attached hydrogen (secondary N) is 3. The molecule has 1 aliphatic carbocycles. The van der Waals surface area contributed by atoms with Crippen LogP contribution >= 0.6 is 0 Å². The molecule has 1 aromatic carbocycles. The highest BCUT2D eigenvalue weighted by Crippen LogP contribution is 2.30. The molecule has 1 saturated carbocycles. The summed E-state index contributed by atoms with van der Waals surface area (Å²) in [4.78, 5) is 49.8. The zero-order chi connectivity index (χ0) is 21.9. The number of amides is 6. The summed E-state index contributed by atoms with van der Waals surface area (Å²) in [5.74, 6) is -1.61. The fraction of sp³-hybridized carbons (Fsp3) is 0.474. The van der Waals surface area contributed by atoms with Crippen molar-refractivity contribution in [1.29, 1.82) is 0 Å². The van der Waals surface area contributed by atoms with Crippen LogP contribution in [0.2, 0.25) is 0 Å². The number of alkyl halides is 2. The van der Waals surface area contributed by atoms with Crippen molar-refractivity contribution in [3.63, 3.8) is 0 Å². The molecule has 2 aliphatic rings.